The number of ketones is 1. The summed E-state index contributed by atoms with van der Waals surface area (Å²) < 4.78 is 13.9. The first-order valence-electron chi connectivity index (χ1n) is 6.14. The molecule has 1 heterocycles. The number of benzene rings is 1. The van der Waals surface area contributed by atoms with E-state index in [4.69, 9.17) is 5.11 Å². The van der Waals surface area contributed by atoms with Gasteiger partial charge in [0.2, 0.25) is 17.5 Å². The van der Waals surface area contributed by atoms with Gasteiger partial charge in [-0.05, 0) is 24.3 Å². The molecule has 0 aliphatic rings. The van der Waals surface area contributed by atoms with E-state index in [0.717, 1.165) is 16.8 Å². The molecule has 9 heteroatoms. The van der Waals surface area contributed by atoms with Crippen molar-refractivity contribution in [3.8, 4) is 0 Å². The number of hydrogen-bond acceptors (Lipinski definition) is 5. The van der Waals surface area contributed by atoms with E-state index in [-0.39, 0.29) is 17.9 Å². The summed E-state index contributed by atoms with van der Waals surface area (Å²) in [6.07, 6.45) is 1.18. The van der Waals surface area contributed by atoms with Gasteiger partial charge in [-0.2, -0.15) is 0 Å². The van der Waals surface area contributed by atoms with Gasteiger partial charge in [-0.15, -0.1) is 5.10 Å². The summed E-state index contributed by atoms with van der Waals surface area (Å²) in [4.78, 5) is 37.5. The Bertz CT molecular complexity index is 711. The summed E-state index contributed by atoms with van der Waals surface area (Å²) in [6, 6.07) is 4.89. The van der Waals surface area contributed by atoms with Crippen molar-refractivity contribution in [1.82, 2.24) is 20.1 Å². The molecule has 1 aromatic carbocycles. The summed E-state index contributed by atoms with van der Waals surface area (Å²) in [5.41, 5.74) is 0.217. The van der Waals surface area contributed by atoms with Crippen molar-refractivity contribution in [1.29, 1.82) is 0 Å². The van der Waals surface area contributed by atoms with Gasteiger partial charge in [-0.3, -0.25) is 14.4 Å². The molecule has 114 valence electrons. The molecule has 0 fully saturated rings. The van der Waals surface area contributed by atoms with Gasteiger partial charge in [0.25, 0.3) is 0 Å². The SMILES string of the molecule is O=C(O)CNC(=O)Cn1cnc(C(=O)c2ccc(F)cc2)n1. The second kappa shape index (κ2) is 6.57. The molecule has 22 heavy (non-hydrogen) atoms. The lowest BCUT2D eigenvalue weighted by Gasteiger charge is -2.01. The lowest BCUT2D eigenvalue weighted by Crippen LogP contribution is -2.32. The van der Waals surface area contributed by atoms with Gasteiger partial charge in [0, 0.05) is 5.56 Å². The normalized spacial score (nSPS) is 10.2. The Morgan fingerprint density at radius 2 is 1.91 bits per heavy atom. The van der Waals surface area contributed by atoms with Crippen LogP contribution in [0.3, 0.4) is 0 Å². The third kappa shape index (κ3) is 3.95. The summed E-state index contributed by atoms with van der Waals surface area (Å²) in [5.74, 6) is -2.86. The monoisotopic (exact) mass is 306 g/mol. The topological polar surface area (TPSA) is 114 Å². The number of halogens is 1. The average molecular weight is 306 g/mol. The Hall–Kier alpha value is -3.10. The quantitative estimate of drug-likeness (QED) is 0.717. The van der Waals surface area contributed by atoms with Crippen molar-refractivity contribution in [2.24, 2.45) is 0 Å². The van der Waals surface area contributed by atoms with Crippen molar-refractivity contribution >= 4 is 17.7 Å². The van der Waals surface area contributed by atoms with Crippen molar-refractivity contribution in [3.63, 3.8) is 0 Å². The first kappa shape index (κ1) is 15.3. The highest BCUT2D eigenvalue weighted by atomic mass is 19.1. The molecule has 0 atom stereocenters. The van der Waals surface area contributed by atoms with E-state index in [1.54, 1.807) is 0 Å². The van der Waals surface area contributed by atoms with Crippen LogP contribution >= 0.6 is 0 Å². The molecular formula is C13H11FN4O4. The van der Waals surface area contributed by atoms with Crippen LogP contribution in [0.25, 0.3) is 0 Å². The van der Waals surface area contributed by atoms with Gasteiger partial charge < -0.3 is 10.4 Å². The zero-order chi connectivity index (χ0) is 16.1. The molecule has 2 N–H and O–H groups in total. The Balaban J connectivity index is 2.01. The van der Waals surface area contributed by atoms with Crippen LogP contribution in [0.15, 0.2) is 30.6 Å². The zero-order valence-electron chi connectivity index (χ0n) is 11.2. The van der Waals surface area contributed by atoms with E-state index in [2.05, 4.69) is 15.4 Å². The minimum absolute atomic E-state index is 0.141. The van der Waals surface area contributed by atoms with Crippen molar-refractivity contribution in [3.05, 3.63) is 47.8 Å². The molecule has 0 aliphatic carbocycles. The molecule has 1 aromatic heterocycles. The van der Waals surface area contributed by atoms with E-state index in [0.29, 0.717) is 0 Å². The number of nitrogens with zero attached hydrogens (tertiary/aromatic N) is 3. The number of carboxylic acid groups (broad SMARTS) is 1. The third-order valence-corrected chi connectivity index (χ3v) is 2.59. The minimum atomic E-state index is -1.17. The highest BCUT2D eigenvalue weighted by Gasteiger charge is 2.15. The Labute approximate surface area is 123 Å². The van der Waals surface area contributed by atoms with E-state index < -0.39 is 30.0 Å². The third-order valence-electron chi connectivity index (χ3n) is 2.59. The van der Waals surface area contributed by atoms with Crippen LogP contribution in [-0.2, 0) is 16.1 Å². The summed E-state index contributed by atoms with van der Waals surface area (Å²) in [7, 11) is 0. The minimum Gasteiger partial charge on any atom is -0.480 e. The predicted octanol–water partition coefficient (Wildman–Crippen LogP) is -0.151. The number of aromatic nitrogens is 3. The first-order chi connectivity index (χ1) is 10.5. The van der Waals surface area contributed by atoms with Crippen LogP contribution in [-0.4, -0.2) is 44.1 Å². The fraction of sp³-hybridized carbons (Fsp3) is 0.154. The first-order valence-corrected chi connectivity index (χ1v) is 6.14. The van der Waals surface area contributed by atoms with Crippen molar-refractivity contribution in [2.75, 3.05) is 6.54 Å². The van der Waals surface area contributed by atoms with Gasteiger partial charge in [0.1, 0.15) is 25.2 Å². The smallest absolute Gasteiger partial charge is 0.322 e. The molecule has 0 aliphatic heterocycles. The molecule has 0 saturated carbocycles. The van der Waals surface area contributed by atoms with Crippen LogP contribution in [0.5, 0.6) is 0 Å². The molecule has 1 amide bonds. The number of amides is 1. The zero-order valence-corrected chi connectivity index (χ0v) is 11.2. The molecule has 2 rings (SSSR count). The molecule has 0 radical (unpaired) electrons. The molecule has 0 bridgehead atoms. The molecular weight excluding hydrogens is 295 g/mol. The molecule has 0 saturated heterocycles. The van der Waals surface area contributed by atoms with Crippen LogP contribution in [0.1, 0.15) is 16.2 Å². The number of carbonyl (C=O) groups excluding carboxylic acids is 2. The Kier molecular flexibility index (Phi) is 4.57. The number of carbonyl (C=O) groups is 3. The maximum atomic E-state index is 12.8. The van der Waals surface area contributed by atoms with Gasteiger partial charge in [0.05, 0.1) is 0 Å². The highest BCUT2D eigenvalue weighted by molar-refractivity contribution is 6.06. The second-order valence-electron chi connectivity index (χ2n) is 4.27. The maximum Gasteiger partial charge on any atom is 0.322 e. The number of hydrogen-bond donors (Lipinski definition) is 2. The van der Waals surface area contributed by atoms with Crippen LogP contribution in [0, 0.1) is 5.82 Å². The maximum absolute atomic E-state index is 12.8. The Morgan fingerprint density at radius 1 is 1.23 bits per heavy atom. The van der Waals surface area contributed by atoms with E-state index in [9.17, 15) is 18.8 Å². The van der Waals surface area contributed by atoms with Crippen LogP contribution < -0.4 is 5.32 Å². The highest BCUT2D eigenvalue weighted by Crippen LogP contribution is 2.07. The van der Waals surface area contributed by atoms with Gasteiger partial charge in [-0.25, -0.2) is 14.1 Å². The standard InChI is InChI=1S/C13H11FN4O4/c14-9-3-1-8(2-4-9)12(22)13-16-7-18(17-13)6-10(19)15-5-11(20)21/h1-4,7H,5-6H2,(H,15,19)(H,20,21). The predicted molar refractivity (Wildman–Crippen MR) is 70.5 cm³/mol. The lowest BCUT2D eigenvalue weighted by molar-refractivity contribution is -0.138. The number of nitrogens with one attached hydrogen (secondary N) is 1. The number of rotatable bonds is 6. The summed E-state index contributed by atoms with van der Waals surface area (Å²) in [5, 5.41) is 14.4. The summed E-state index contributed by atoms with van der Waals surface area (Å²) in [6.45, 7) is -0.772. The van der Waals surface area contributed by atoms with Crippen LogP contribution in [0.4, 0.5) is 4.39 Å². The van der Waals surface area contributed by atoms with Crippen molar-refractivity contribution < 1.29 is 23.9 Å². The second-order valence-corrected chi connectivity index (χ2v) is 4.27. The summed E-state index contributed by atoms with van der Waals surface area (Å²) >= 11 is 0. The number of carboxylic acids is 1. The average Bonchev–Trinajstić information content (AvgIpc) is 2.93. The largest absolute Gasteiger partial charge is 0.480 e. The molecule has 2 aromatic rings. The van der Waals surface area contributed by atoms with E-state index in [1.165, 1.54) is 18.5 Å². The molecule has 0 unspecified atom stereocenters. The van der Waals surface area contributed by atoms with E-state index in [1.807, 2.05) is 0 Å². The number of aliphatic carboxylic acids is 1. The van der Waals surface area contributed by atoms with Crippen molar-refractivity contribution in [2.45, 2.75) is 6.54 Å². The fourth-order valence-corrected chi connectivity index (χ4v) is 1.58. The molecule has 8 nitrogen and oxygen atoms in total. The van der Waals surface area contributed by atoms with Gasteiger partial charge in [-0.1, -0.05) is 0 Å². The van der Waals surface area contributed by atoms with Gasteiger partial charge >= 0.3 is 5.97 Å². The fourth-order valence-electron chi connectivity index (χ4n) is 1.58. The van der Waals surface area contributed by atoms with Gasteiger partial charge in [0.15, 0.2) is 0 Å². The molecule has 0 spiro atoms. The Morgan fingerprint density at radius 3 is 2.55 bits per heavy atom. The van der Waals surface area contributed by atoms with E-state index >= 15 is 0 Å². The lowest BCUT2D eigenvalue weighted by atomic mass is 10.1. The van der Waals surface area contributed by atoms with Crippen LogP contribution in [0.2, 0.25) is 0 Å².